The van der Waals surface area contributed by atoms with Crippen LogP contribution in [0.15, 0.2) is 90.2 Å². The van der Waals surface area contributed by atoms with E-state index < -0.39 is 0 Å². The molecule has 4 heteroatoms. The van der Waals surface area contributed by atoms with Crippen molar-refractivity contribution < 1.29 is 19.1 Å². The topological polar surface area (TPSA) is 52.6 Å². The Bertz CT molecular complexity index is 1020. The van der Waals surface area contributed by atoms with Crippen molar-refractivity contribution in [3.63, 3.8) is 0 Å². The lowest BCUT2D eigenvalue weighted by Crippen LogP contribution is -2.06. The van der Waals surface area contributed by atoms with Crippen LogP contribution in [-0.4, -0.2) is 25.8 Å². The van der Waals surface area contributed by atoms with Crippen LogP contribution in [0.25, 0.3) is 6.08 Å². The third kappa shape index (κ3) is 6.30. The summed E-state index contributed by atoms with van der Waals surface area (Å²) < 4.78 is 10.3. The van der Waals surface area contributed by atoms with Gasteiger partial charge in [-0.25, -0.2) is 0 Å². The minimum atomic E-state index is -0.0749. The molecule has 0 heterocycles. The summed E-state index contributed by atoms with van der Waals surface area (Å²) in [5.74, 6) is 1.22. The molecule has 0 saturated carbocycles. The standard InChI is InChI=1S/C27H24O4/c1-30-24-14-10-22(11-15-24)26(28)18-21(9-8-20-6-4-3-5-7-20)19-27(29)23-12-16-25(31-2)17-13-23/h3-8,10-17H,18-19H2,1-2H3. The number of hydrogen-bond acceptors (Lipinski definition) is 4. The molecule has 0 radical (unpaired) electrons. The first-order chi connectivity index (χ1) is 15.1. The lowest BCUT2D eigenvalue weighted by Gasteiger charge is -2.07. The van der Waals surface area contributed by atoms with Gasteiger partial charge in [-0.15, -0.1) is 5.73 Å². The normalized spacial score (nSPS) is 10.0. The maximum atomic E-state index is 12.8. The van der Waals surface area contributed by atoms with E-state index in [4.69, 9.17) is 9.47 Å². The molecule has 3 aromatic carbocycles. The molecule has 0 aliphatic rings. The summed E-state index contributed by atoms with van der Waals surface area (Å²) in [4.78, 5) is 25.6. The van der Waals surface area contributed by atoms with Crippen molar-refractivity contribution in [1.29, 1.82) is 0 Å². The summed E-state index contributed by atoms with van der Waals surface area (Å²) in [6, 6.07) is 23.6. The second kappa shape index (κ2) is 10.8. The summed E-state index contributed by atoms with van der Waals surface area (Å²) in [5.41, 5.74) is 5.90. The van der Waals surface area contributed by atoms with Crippen molar-refractivity contribution in [1.82, 2.24) is 0 Å². The molecule has 3 aromatic rings. The van der Waals surface area contributed by atoms with Crippen LogP contribution in [0, 0.1) is 0 Å². The molecule has 0 N–H and O–H groups in total. The lowest BCUT2D eigenvalue weighted by molar-refractivity contribution is 0.0980. The van der Waals surface area contributed by atoms with E-state index in [1.165, 1.54) is 0 Å². The Balaban J connectivity index is 1.83. The predicted octanol–water partition coefficient (Wildman–Crippen LogP) is 5.79. The predicted molar refractivity (Wildman–Crippen MR) is 122 cm³/mol. The van der Waals surface area contributed by atoms with Crippen LogP contribution >= 0.6 is 0 Å². The van der Waals surface area contributed by atoms with Crippen molar-refractivity contribution in [3.8, 4) is 11.5 Å². The summed E-state index contributed by atoms with van der Waals surface area (Å²) >= 11 is 0. The molecule has 0 spiro atoms. The number of benzene rings is 3. The van der Waals surface area contributed by atoms with Gasteiger partial charge in [0.15, 0.2) is 11.6 Å². The van der Waals surface area contributed by atoms with Crippen LogP contribution in [0.1, 0.15) is 39.1 Å². The Kier molecular flexibility index (Phi) is 7.58. The molecule has 3 rings (SSSR count). The smallest absolute Gasteiger partial charge is 0.167 e. The van der Waals surface area contributed by atoms with Crippen molar-refractivity contribution in [2.45, 2.75) is 12.8 Å². The number of ether oxygens (including phenoxy) is 2. The van der Waals surface area contributed by atoms with Crippen LogP contribution < -0.4 is 9.47 Å². The molecule has 0 fully saturated rings. The van der Waals surface area contributed by atoms with E-state index in [-0.39, 0.29) is 24.4 Å². The van der Waals surface area contributed by atoms with E-state index in [0.29, 0.717) is 28.2 Å². The van der Waals surface area contributed by atoms with Gasteiger partial charge in [0.1, 0.15) is 11.5 Å². The Morgan fingerprint density at radius 1 is 0.710 bits per heavy atom. The Morgan fingerprint density at radius 2 is 1.16 bits per heavy atom. The van der Waals surface area contributed by atoms with Crippen molar-refractivity contribution in [2.75, 3.05) is 14.2 Å². The minimum absolute atomic E-state index is 0.0749. The molecule has 156 valence electrons. The number of ketones is 2. The molecular formula is C27H24O4. The van der Waals surface area contributed by atoms with Gasteiger partial charge in [-0.2, -0.15) is 0 Å². The highest BCUT2D eigenvalue weighted by Gasteiger charge is 2.14. The molecule has 0 aliphatic carbocycles. The molecule has 0 aliphatic heterocycles. The fourth-order valence-corrected chi connectivity index (χ4v) is 3.04. The molecule has 0 aromatic heterocycles. The SMILES string of the molecule is COc1ccc(C(=O)CC(=C=Cc2ccccc2)CC(=O)c2ccc(OC)cc2)cc1. The number of allylic oxidation sites excluding steroid dienone is 1. The van der Waals surface area contributed by atoms with E-state index in [1.54, 1.807) is 68.8 Å². The van der Waals surface area contributed by atoms with Crippen LogP contribution in [-0.2, 0) is 0 Å². The van der Waals surface area contributed by atoms with E-state index in [9.17, 15) is 9.59 Å². The van der Waals surface area contributed by atoms with Crippen LogP contribution in [0.2, 0.25) is 0 Å². The Hall–Kier alpha value is -3.88. The zero-order chi connectivity index (χ0) is 22.1. The third-order valence-corrected chi connectivity index (χ3v) is 4.81. The highest BCUT2D eigenvalue weighted by atomic mass is 16.5. The van der Waals surface area contributed by atoms with Gasteiger partial charge in [-0.3, -0.25) is 9.59 Å². The molecule has 0 bridgehead atoms. The molecule has 0 saturated heterocycles. The maximum Gasteiger partial charge on any atom is 0.167 e. The monoisotopic (exact) mass is 412 g/mol. The number of carbonyl (C=O) groups excluding carboxylic acids is 2. The van der Waals surface area contributed by atoms with Crippen LogP contribution in [0.5, 0.6) is 11.5 Å². The third-order valence-electron chi connectivity index (χ3n) is 4.81. The zero-order valence-corrected chi connectivity index (χ0v) is 17.6. The van der Waals surface area contributed by atoms with Crippen LogP contribution in [0.3, 0.4) is 0 Å². The number of hydrogen-bond donors (Lipinski definition) is 0. The lowest BCUT2D eigenvalue weighted by atomic mass is 9.97. The van der Waals surface area contributed by atoms with Gasteiger partial charge in [0.25, 0.3) is 0 Å². The van der Waals surface area contributed by atoms with E-state index in [1.807, 2.05) is 30.3 Å². The molecule has 31 heavy (non-hydrogen) atoms. The summed E-state index contributed by atoms with van der Waals surface area (Å²) in [6.07, 6.45) is 2.02. The van der Waals surface area contributed by atoms with Crippen molar-refractivity contribution in [2.24, 2.45) is 0 Å². The van der Waals surface area contributed by atoms with E-state index >= 15 is 0 Å². The molecule has 0 unspecified atom stereocenters. The van der Waals surface area contributed by atoms with Crippen molar-refractivity contribution >= 4 is 17.6 Å². The summed E-state index contributed by atoms with van der Waals surface area (Å²) in [6.45, 7) is 0. The fraction of sp³-hybridized carbons (Fsp3) is 0.148. The van der Waals surface area contributed by atoms with Gasteiger partial charge in [-0.05, 0) is 65.7 Å². The highest BCUT2D eigenvalue weighted by Crippen LogP contribution is 2.19. The van der Waals surface area contributed by atoms with Crippen molar-refractivity contribution in [3.05, 3.63) is 107 Å². The minimum Gasteiger partial charge on any atom is -0.497 e. The van der Waals surface area contributed by atoms with Gasteiger partial charge >= 0.3 is 0 Å². The largest absolute Gasteiger partial charge is 0.497 e. The van der Waals surface area contributed by atoms with Gasteiger partial charge in [-0.1, -0.05) is 30.3 Å². The Morgan fingerprint density at radius 3 is 1.58 bits per heavy atom. The fourth-order valence-electron chi connectivity index (χ4n) is 3.04. The summed E-state index contributed by atoms with van der Waals surface area (Å²) in [7, 11) is 3.16. The quantitative estimate of drug-likeness (QED) is 0.330. The van der Waals surface area contributed by atoms with E-state index in [2.05, 4.69) is 5.73 Å². The average Bonchev–Trinajstić information content (AvgIpc) is 2.83. The Labute approximate surface area is 182 Å². The second-order valence-electron chi connectivity index (χ2n) is 6.96. The second-order valence-corrected chi connectivity index (χ2v) is 6.96. The van der Waals surface area contributed by atoms with Gasteiger partial charge in [0, 0.05) is 24.0 Å². The number of Topliss-reactive ketones (excluding diaryl/α,β-unsaturated/α-hetero) is 2. The highest BCUT2D eigenvalue weighted by molar-refractivity contribution is 6.01. The average molecular weight is 412 g/mol. The molecular weight excluding hydrogens is 388 g/mol. The first kappa shape index (κ1) is 21.8. The summed E-state index contributed by atoms with van der Waals surface area (Å²) in [5, 5.41) is 0. The first-order valence-corrected chi connectivity index (χ1v) is 9.93. The zero-order valence-electron chi connectivity index (χ0n) is 17.6. The van der Waals surface area contributed by atoms with Gasteiger partial charge in [0.05, 0.1) is 14.2 Å². The number of rotatable bonds is 9. The van der Waals surface area contributed by atoms with E-state index in [0.717, 1.165) is 5.56 Å². The first-order valence-electron chi connectivity index (χ1n) is 9.93. The van der Waals surface area contributed by atoms with Crippen LogP contribution in [0.4, 0.5) is 0 Å². The van der Waals surface area contributed by atoms with Gasteiger partial charge in [0.2, 0.25) is 0 Å². The molecule has 0 atom stereocenters. The number of carbonyl (C=O) groups is 2. The molecule has 0 amide bonds. The maximum absolute atomic E-state index is 12.8. The number of methoxy groups -OCH3 is 2. The molecule has 4 nitrogen and oxygen atoms in total. The van der Waals surface area contributed by atoms with Gasteiger partial charge < -0.3 is 9.47 Å².